The van der Waals surface area contributed by atoms with E-state index >= 15 is 0 Å². The standard InChI is InChI=1S/C17H20FNO3/c1-17(2,3)22-16(21)19-10-4-5-14(15(19)11-20)12-6-8-13(18)9-7-12/h5-9,11,15H,4,10H2,1-3H3. The summed E-state index contributed by atoms with van der Waals surface area (Å²) in [4.78, 5) is 25.2. The van der Waals surface area contributed by atoms with Crippen molar-refractivity contribution in [1.82, 2.24) is 4.90 Å². The molecule has 1 atom stereocenters. The number of hydrogen-bond acceptors (Lipinski definition) is 3. The van der Waals surface area contributed by atoms with E-state index in [1.807, 2.05) is 6.08 Å². The summed E-state index contributed by atoms with van der Waals surface area (Å²) in [5.74, 6) is -0.341. The van der Waals surface area contributed by atoms with Gasteiger partial charge in [0.25, 0.3) is 0 Å². The van der Waals surface area contributed by atoms with Crippen molar-refractivity contribution in [2.24, 2.45) is 0 Å². The van der Waals surface area contributed by atoms with Gasteiger partial charge in [0, 0.05) is 6.54 Å². The normalized spacial score (nSPS) is 18.6. The zero-order chi connectivity index (χ0) is 16.3. The number of halogens is 1. The number of amides is 1. The van der Waals surface area contributed by atoms with Crippen molar-refractivity contribution in [3.8, 4) is 0 Å². The van der Waals surface area contributed by atoms with Crippen LogP contribution < -0.4 is 0 Å². The van der Waals surface area contributed by atoms with Crippen molar-refractivity contribution in [2.45, 2.75) is 38.8 Å². The number of aldehydes is 1. The van der Waals surface area contributed by atoms with E-state index in [-0.39, 0.29) is 5.82 Å². The maximum Gasteiger partial charge on any atom is 0.411 e. The summed E-state index contributed by atoms with van der Waals surface area (Å²) in [6, 6.07) is 5.18. The Kier molecular flexibility index (Phi) is 4.64. The molecule has 4 nitrogen and oxygen atoms in total. The first-order valence-corrected chi connectivity index (χ1v) is 7.23. The van der Waals surface area contributed by atoms with Gasteiger partial charge in [-0.25, -0.2) is 9.18 Å². The third kappa shape index (κ3) is 3.72. The predicted molar refractivity (Wildman–Crippen MR) is 81.8 cm³/mol. The summed E-state index contributed by atoms with van der Waals surface area (Å²) in [5, 5.41) is 0. The van der Waals surface area contributed by atoms with Crippen molar-refractivity contribution in [3.05, 3.63) is 41.7 Å². The van der Waals surface area contributed by atoms with Gasteiger partial charge < -0.3 is 9.53 Å². The average Bonchev–Trinajstić information content (AvgIpc) is 2.45. The zero-order valence-corrected chi connectivity index (χ0v) is 13.0. The maximum atomic E-state index is 13.1. The molecule has 0 aliphatic carbocycles. The lowest BCUT2D eigenvalue weighted by Crippen LogP contribution is -2.46. The Morgan fingerprint density at radius 3 is 2.50 bits per heavy atom. The summed E-state index contributed by atoms with van der Waals surface area (Å²) in [5.41, 5.74) is 0.806. The van der Waals surface area contributed by atoms with Gasteiger partial charge >= 0.3 is 6.09 Å². The molecule has 1 unspecified atom stereocenters. The number of hydrogen-bond donors (Lipinski definition) is 0. The lowest BCUT2D eigenvalue weighted by molar-refractivity contribution is -0.111. The fraction of sp³-hybridized carbons (Fsp3) is 0.412. The summed E-state index contributed by atoms with van der Waals surface area (Å²) in [7, 11) is 0. The first-order chi connectivity index (χ1) is 10.3. The van der Waals surface area contributed by atoms with Gasteiger partial charge in [-0.05, 0) is 50.5 Å². The van der Waals surface area contributed by atoms with Crippen LogP contribution >= 0.6 is 0 Å². The summed E-state index contributed by atoms with van der Waals surface area (Å²) >= 11 is 0. The molecular formula is C17H20FNO3. The Bertz CT molecular complexity index is 587. The molecule has 0 spiro atoms. The molecule has 0 aromatic heterocycles. The lowest BCUT2D eigenvalue weighted by Gasteiger charge is -2.34. The van der Waals surface area contributed by atoms with E-state index < -0.39 is 17.7 Å². The highest BCUT2D eigenvalue weighted by molar-refractivity contribution is 5.89. The SMILES string of the molecule is CC(C)(C)OC(=O)N1CCC=C(c2ccc(F)cc2)C1C=O. The van der Waals surface area contributed by atoms with E-state index in [4.69, 9.17) is 4.74 Å². The smallest absolute Gasteiger partial charge is 0.411 e. The molecule has 22 heavy (non-hydrogen) atoms. The van der Waals surface area contributed by atoms with Gasteiger partial charge in [0.2, 0.25) is 0 Å². The molecule has 0 N–H and O–H groups in total. The maximum absolute atomic E-state index is 13.1. The molecule has 0 radical (unpaired) electrons. The Balaban J connectivity index is 2.26. The molecule has 0 fully saturated rings. The van der Waals surface area contributed by atoms with Gasteiger partial charge in [-0.15, -0.1) is 0 Å². The van der Waals surface area contributed by atoms with Gasteiger partial charge in [-0.1, -0.05) is 18.2 Å². The fourth-order valence-corrected chi connectivity index (χ4v) is 2.39. The Morgan fingerprint density at radius 2 is 1.95 bits per heavy atom. The number of rotatable bonds is 2. The molecule has 1 aromatic rings. The van der Waals surface area contributed by atoms with Crippen molar-refractivity contribution in [1.29, 1.82) is 0 Å². The van der Waals surface area contributed by atoms with Crippen LogP contribution in [0.3, 0.4) is 0 Å². The van der Waals surface area contributed by atoms with Gasteiger partial charge in [0.05, 0.1) is 0 Å². The second-order valence-corrected chi connectivity index (χ2v) is 6.21. The number of nitrogens with zero attached hydrogens (tertiary/aromatic N) is 1. The van der Waals surface area contributed by atoms with Crippen LogP contribution in [0.5, 0.6) is 0 Å². The third-order valence-electron chi connectivity index (χ3n) is 3.32. The quantitative estimate of drug-likeness (QED) is 0.787. The second kappa shape index (κ2) is 6.30. The summed E-state index contributed by atoms with van der Waals surface area (Å²) in [6.07, 6.45) is 2.74. The largest absolute Gasteiger partial charge is 0.444 e. The molecule has 1 aliphatic rings. The van der Waals surface area contributed by atoms with E-state index in [0.29, 0.717) is 18.5 Å². The molecule has 0 bridgehead atoms. The van der Waals surface area contributed by atoms with E-state index in [0.717, 1.165) is 11.8 Å². The molecule has 5 heteroatoms. The molecule has 0 saturated carbocycles. The molecular weight excluding hydrogens is 285 g/mol. The molecule has 118 valence electrons. The summed E-state index contributed by atoms with van der Waals surface area (Å²) in [6.45, 7) is 5.76. The van der Waals surface area contributed by atoms with E-state index in [1.165, 1.54) is 17.0 Å². The molecule has 1 amide bonds. The average molecular weight is 305 g/mol. The van der Waals surface area contributed by atoms with Crippen LogP contribution in [0.4, 0.5) is 9.18 Å². The number of carbonyl (C=O) groups is 2. The van der Waals surface area contributed by atoms with Crippen LogP contribution in [0.1, 0.15) is 32.8 Å². The van der Waals surface area contributed by atoms with Crippen LogP contribution in [-0.4, -0.2) is 35.5 Å². The van der Waals surface area contributed by atoms with Gasteiger partial charge in [0.15, 0.2) is 0 Å². The van der Waals surface area contributed by atoms with Crippen molar-refractivity contribution < 1.29 is 18.7 Å². The number of carbonyl (C=O) groups excluding carboxylic acids is 2. The number of benzene rings is 1. The zero-order valence-electron chi connectivity index (χ0n) is 13.0. The highest BCUT2D eigenvalue weighted by atomic mass is 19.1. The highest BCUT2D eigenvalue weighted by Gasteiger charge is 2.32. The minimum Gasteiger partial charge on any atom is -0.444 e. The van der Waals surface area contributed by atoms with E-state index in [9.17, 15) is 14.0 Å². The highest BCUT2D eigenvalue weighted by Crippen LogP contribution is 2.27. The molecule has 1 aliphatic heterocycles. The lowest BCUT2D eigenvalue weighted by atomic mass is 9.94. The fourth-order valence-electron chi connectivity index (χ4n) is 2.39. The monoisotopic (exact) mass is 305 g/mol. The minimum atomic E-state index is -0.714. The van der Waals surface area contributed by atoms with Crippen LogP contribution in [0.2, 0.25) is 0 Å². The predicted octanol–water partition coefficient (Wildman–Crippen LogP) is 3.42. The van der Waals surface area contributed by atoms with Gasteiger partial charge in [0.1, 0.15) is 23.7 Å². The first kappa shape index (κ1) is 16.2. The second-order valence-electron chi connectivity index (χ2n) is 6.21. The van der Waals surface area contributed by atoms with E-state index in [1.54, 1.807) is 32.9 Å². The molecule has 1 heterocycles. The van der Waals surface area contributed by atoms with Crippen LogP contribution in [0, 0.1) is 5.82 Å². The Labute approximate surface area is 129 Å². The Morgan fingerprint density at radius 1 is 1.32 bits per heavy atom. The minimum absolute atomic E-state index is 0.341. The van der Waals surface area contributed by atoms with Crippen LogP contribution in [0.15, 0.2) is 30.3 Å². The van der Waals surface area contributed by atoms with Crippen LogP contribution in [0.25, 0.3) is 5.57 Å². The van der Waals surface area contributed by atoms with Crippen LogP contribution in [-0.2, 0) is 9.53 Å². The van der Waals surface area contributed by atoms with Crippen molar-refractivity contribution in [2.75, 3.05) is 6.54 Å². The van der Waals surface area contributed by atoms with Gasteiger partial charge in [-0.3, -0.25) is 4.90 Å². The van der Waals surface area contributed by atoms with E-state index in [2.05, 4.69) is 0 Å². The molecule has 1 aromatic carbocycles. The first-order valence-electron chi connectivity index (χ1n) is 7.23. The van der Waals surface area contributed by atoms with Gasteiger partial charge in [-0.2, -0.15) is 0 Å². The molecule has 2 rings (SSSR count). The summed E-state index contributed by atoms with van der Waals surface area (Å²) < 4.78 is 18.4. The van der Waals surface area contributed by atoms with Crippen molar-refractivity contribution >= 4 is 18.0 Å². The third-order valence-corrected chi connectivity index (χ3v) is 3.32. The number of ether oxygens (including phenoxy) is 1. The van der Waals surface area contributed by atoms with Crippen molar-refractivity contribution in [3.63, 3.8) is 0 Å². The Hall–Kier alpha value is -2.17. The molecule has 0 saturated heterocycles. The topological polar surface area (TPSA) is 46.6 Å².